The van der Waals surface area contributed by atoms with Crippen molar-refractivity contribution in [3.05, 3.63) is 64.9 Å². The molecular formula is C17H13NO4S. The standard InChI is InChI=1S/C17H13NO4S/c1-10-4-6-11(7-5-10)12-9-23-16(14(12)17(20)21)18-15(19)13-3-2-8-22-13/h2-9H,1H3,(H,18,19)(H,20,21). The summed E-state index contributed by atoms with van der Waals surface area (Å²) < 4.78 is 5.02. The lowest BCUT2D eigenvalue weighted by Crippen LogP contribution is -2.12. The molecule has 1 aromatic carbocycles. The molecule has 6 heteroatoms. The fourth-order valence-electron chi connectivity index (χ4n) is 2.18. The van der Waals surface area contributed by atoms with Crippen molar-refractivity contribution in [3.8, 4) is 11.1 Å². The molecule has 0 atom stereocenters. The number of carbonyl (C=O) groups excluding carboxylic acids is 1. The number of furan rings is 1. The zero-order valence-electron chi connectivity index (χ0n) is 12.2. The number of aryl methyl sites for hydroxylation is 1. The third kappa shape index (κ3) is 3.02. The van der Waals surface area contributed by atoms with E-state index >= 15 is 0 Å². The van der Waals surface area contributed by atoms with E-state index in [4.69, 9.17) is 4.42 Å². The van der Waals surface area contributed by atoms with Gasteiger partial charge in [0.2, 0.25) is 0 Å². The number of thiophene rings is 1. The van der Waals surface area contributed by atoms with Gasteiger partial charge >= 0.3 is 5.97 Å². The number of anilines is 1. The second-order valence-corrected chi connectivity index (χ2v) is 5.84. The highest BCUT2D eigenvalue weighted by atomic mass is 32.1. The number of hydrogen-bond donors (Lipinski definition) is 2. The third-order valence-corrected chi connectivity index (χ3v) is 4.23. The van der Waals surface area contributed by atoms with Gasteiger partial charge < -0.3 is 14.8 Å². The van der Waals surface area contributed by atoms with Crippen molar-refractivity contribution >= 4 is 28.2 Å². The van der Waals surface area contributed by atoms with Gasteiger partial charge in [-0.1, -0.05) is 29.8 Å². The Morgan fingerprint density at radius 2 is 1.91 bits per heavy atom. The van der Waals surface area contributed by atoms with Crippen molar-refractivity contribution in [1.82, 2.24) is 0 Å². The number of carboxylic acid groups (broad SMARTS) is 1. The van der Waals surface area contributed by atoms with Gasteiger partial charge in [-0.25, -0.2) is 4.79 Å². The summed E-state index contributed by atoms with van der Waals surface area (Å²) in [4.78, 5) is 23.7. The average Bonchev–Trinajstić information content (AvgIpc) is 3.17. The fraction of sp³-hybridized carbons (Fsp3) is 0.0588. The maximum atomic E-state index is 12.0. The van der Waals surface area contributed by atoms with E-state index in [0.29, 0.717) is 5.56 Å². The summed E-state index contributed by atoms with van der Waals surface area (Å²) >= 11 is 1.17. The van der Waals surface area contributed by atoms with Gasteiger partial charge in [-0.3, -0.25) is 4.79 Å². The first-order valence-corrected chi connectivity index (χ1v) is 7.71. The van der Waals surface area contributed by atoms with Crippen LogP contribution < -0.4 is 5.32 Å². The van der Waals surface area contributed by atoms with E-state index in [2.05, 4.69) is 5.32 Å². The molecule has 2 heterocycles. The van der Waals surface area contributed by atoms with Crippen LogP contribution in [0.2, 0.25) is 0 Å². The monoisotopic (exact) mass is 327 g/mol. The molecule has 1 amide bonds. The average molecular weight is 327 g/mol. The van der Waals surface area contributed by atoms with E-state index in [1.165, 1.54) is 23.7 Å². The van der Waals surface area contributed by atoms with Gasteiger partial charge in [0.25, 0.3) is 5.91 Å². The highest BCUT2D eigenvalue weighted by Crippen LogP contribution is 2.36. The molecule has 23 heavy (non-hydrogen) atoms. The zero-order valence-corrected chi connectivity index (χ0v) is 13.0. The van der Waals surface area contributed by atoms with Crippen molar-refractivity contribution in [2.75, 3.05) is 5.32 Å². The van der Waals surface area contributed by atoms with Crippen molar-refractivity contribution in [2.24, 2.45) is 0 Å². The largest absolute Gasteiger partial charge is 0.478 e. The van der Waals surface area contributed by atoms with Gasteiger partial charge in [-0.2, -0.15) is 0 Å². The lowest BCUT2D eigenvalue weighted by atomic mass is 10.0. The van der Waals surface area contributed by atoms with Crippen molar-refractivity contribution < 1.29 is 19.1 Å². The van der Waals surface area contributed by atoms with E-state index in [0.717, 1.165) is 11.1 Å². The first-order valence-electron chi connectivity index (χ1n) is 6.83. The molecule has 0 saturated carbocycles. The summed E-state index contributed by atoms with van der Waals surface area (Å²) in [6, 6.07) is 10.7. The molecule has 3 aromatic rings. The Morgan fingerprint density at radius 1 is 1.17 bits per heavy atom. The minimum absolute atomic E-state index is 0.0822. The number of carboxylic acids is 1. The predicted molar refractivity (Wildman–Crippen MR) is 88.1 cm³/mol. The highest BCUT2D eigenvalue weighted by Gasteiger charge is 2.22. The Morgan fingerprint density at radius 3 is 2.52 bits per heavy atom. The molecule has 0 aliphatic carbocycles. The number of nitrogens with one attached hydrogen (secondary N) is 1. The third-order valence-electron chi connectivity index (χ3n) is 3.34. The van der Waals surface area contributed by atoms with Crippen LogP contribution >= 0.6 is 11.3 Å². The molecule has 0 unspecified atom stereocenters. The Hall–Kier alpha value is -2.86. The molecule has 0 saturated heterocycles. The molecule has 3 rings (SSSR count). The second-order valence-electron chi connectivity index (χ2n) is 4.96. The van der Waals surface area contributed by atoms with Crippen LogP contribution in [0.1, 0.15) is 26.5 Å². The lowest BCUT2D eigenvalue weighted by Gasteiger charge is -2.05. The van der Waals surface area contributed by atoms with Gasteiger partial charge in [0.05, 0.1) is 6.26 Å². The Kier molecular flexibility index (Phi) is 3.99. The Bertz CT molecular complexity index is 847. The SMILES string of the molecule is Cc1ccc(-c2csc(NC(=O)c3ccco3)c2C(=O)O)cc1. The first-order chi connectivity index (χ1) is 11.1. The number of carbonyl (C=O) groups is 2. The van der Waals surface area contributed by atoms with E-state index in [1.54, 1.807) is 11.4 Å². The molecule has 0 fully saturated rings. The van der Waals surface area contributed by atoms with Crippen molar-refractivity contribution in [3.63, 3.8) is 0 Å². The number of aromatic carboxylic acids is 1. The summed E-state index contributed by atoms with van der Waals surface area (Å²) in [5.41, 5.74) is 2.55. The summed E-state index contributed by atoms with van der Waals surface area (Å²) in [5.74, 6) is -1.43. The Balaban J connectivity index is 1.97. The normalized spacial score (nSPS) is 10.5. The van der Waals surface area contributed by atoms with Crippen LogP contribution in [0, 0.1) is 6.92 Å². The maximum Gasteiger partial charge on any atom is 0.339 e. The highest BCUT2D eigenvalue weighted by molar-refractivity contribution is 7.15. The zero-order chi connectivity index (χ0) is 16.4. The van der Waals surface area contributed by atoms with E-state index in [9.17, 15) is 14.7 Å². The van der Waals surface area contributed by atoms with Crippen LogP contribution in [0.5, 0.6) is 0 Å². The molecule has 0 aliphatic heterocycles. The molecular weight excluding hydrogens is 314 g/mol. The topological polar surface area (TPSA) is 79.5 Å². The van der Waals surface area contributed by atoms with Crippen LogP contribution in [-0.2, 0) is 0 Å². The molecule has 0 aliphatic rings. The molecule has 0 spiro atoms. The molecule has 0 radical (unpaired) electrons. The summed E-state index contributed by atoms with van der Waals surface area (Å²) in [7, 11) is 0. The van der Waals surface area contributed by atoms with E-state index in [1.807, 2.05) is 31.2 Å². The molecule has 0 bridgehead atoms. The van der Waals surface area contributed by atoms with Gasteiger partial charge in [0.15, 0.2) is 5.76 Å². The van der Waals surface area contributed by atoms with Crippen LogP contribution in [0.15, 0.2) is 52.5 Å². The number of benzene rings is 1. The molecule has 116 valence electrons. The lowest BCUT2D eigenvalue weighted by molar-refractivity contribution is 0.0699. The quantitative estimate of drug-likeness (QED) is 0.750. The number of hydrogen-bond acceptors (Lipinski definition) is 4. The van der Waals surface area contributed by atoms with Gasteiger partial charge in [-0.15, -0.1) is 11.3 Å². The summed E-state index contributed by atoms with van der Waals surface area (Å²) in [6.45, 7) is 1.96. The Labute approximate surface area is 136 Å². The van der Waals surface area contributed by atoms with Crippen LogP contribution in [-0.4, -0.2) is 17.0 Å². The smallest absolute Gasteiger partial charge is 0.339 e. The van der Waals surface area contributed by atoms with E-state index < -0.39 is 11.9 Å². The minimum Gasteiger partial charge on any atom is -0.478 e. The molecule has 5 nitrogen and oxygen atoms in total. The summed E-state index contributed by atoms with van der Waals surface area (Å²) in [6.07, 6.45) is 1.39. The molecule has 2 aromatic heterocycles. The number of amides is 1. The van der Waals surface area contributed by atoms with Gasteiger partial charge in [-0.05, 0) is 24.6 Å². The van der Waals surface area contributed by atoms with Gasteiger partial charge in [0, 0.05) is 10.9 Å². The predicted octanol–water partition coefficient (Wildman–Crippen LogP) is 4.27. The van der Waals surface area contributed by atoms with Gasteiger partial charge in [0.1, 0.15) is 10.6 Å². The minimum atomic E-state index is -1.09. The van der Waals surface area contributed by atoms with Crippen LogP contribution in [0.3, 0.4) is 0 Å². The first kappa shape index (κ1) is 15.1. The fourth-order valence-corrected chi connectivity index (χ4v) is 3.14. The number of rotatable bonds is 4. The molecule has 2 N–H and O–H groups in total. The van der Waals surface area contributed by atoms with Crippen molar-refractivity contribution in [1.29, 1.82) is 0 Å². The van der Waals surface area contributed by atoms with E-state index in [-0.39, 0.29) is 16.3 Å². The van der Waals surface area contributed by atoms with Crippen LogP contribution in [0.4, 0.5) is 5.00 Å². The van der Waals surface area contributed by atoms with Crippen LogP contribution in [0.25, 0.3) is 11.1 Å². The second kappa shape index (κ2) is 6.10. The van der Waals surface area contributed by atoms with Crippen molar-refractivity contribution in [2.45, 2.75) is 6.92 Å². The summed E-state index contributed by atoms with van der Waals surface area (Å²) in [5, 5.41) is 14.1. The maximum absolute atomic E-state index is 12.0.